The van der Waals surface area contributed by atoms with E-state index in [4.69, 9.17) is 16.3 Å². The Labute approximate surface area is 126 Å². The Bertz CT molecular complexity index is 554. The van der Waals surface area contributed by atoms with E-state index in [0.717, 1.165) is 41.9 Å². The van der Waals surface area contributed by atoms with Crippen molar-refractivity contribution in [3.63, 3.8) is 0 Å². The third-order valence-corrected chi connectivity index (χ3v) is 4.46. The number of tetrazole rings is 1. The molecule has 106 valence electrons. The van der Waals surface area contributed by atoms with E-state index in [9.17, 15) is 0 Å². The van der Waals surface area contributed by atoms with Gasteiger partial charge in [0, 0.05) is 17.4 Å². The summed E-state index contributed by atoms with van der Waals surface area (Å²) in [5.41, 5.74) is 1.20. The van der Waals surface area contributed by atoms with Crippen LogP contribution in [-0.2, 0) is 17.0 Å². The highest BCUT2D eigenvalue weighted by Crippen LogP contribution is 2.22. The van der Waals surface area contributed by atoms with E-state index >= 15 is 0 Å². The van der Waals surface area contributed by atoms with E-state index in [1.165, 1.54) is 5.56 Å². The van der Waals surface area contributed by atoms with Gasteiger partial charge in [-0.1, -0.05) is 35.5 Å². The van der Waals surface area contributed by atoms with Gasteiger partial charge in [-0.05, 0) is 41.0 Å². The van der Waals surface area contributed by atoms with E-state index in [-0.39, 0.29) is 6.10 Å². The van der Waals surface area contributed by atoms with Crippen LogP contribution in [0.1, 0.15) is 18.4 Å². The first kappa shape index (κ1) is 13.9. The van der Waals surface area contributed by atoms with Crippen molar-refractivity contribution in [1.29, 1.82) is 0 Å². The van der Waals surface area contributed by atoms with Crippen molar-refractivity contribution < 1.29 is 4.74 Å². The molecule has 1 atom stereocenters. The third-order valence-electron chi connectivity index (χ3n) is 3.18. The number of halogens is 1. The minimum atomic E-state index is 0.244. The summed E-state index contributed by atoms with van der Waals surface area (Å²) in [5.74, 6) is 0.822. The second kappa shape index (κ2) is 6.56. The highest BCUT2D eigenvalue weighted by molar-refractivity contribution is 7.98. The Morgan fingerprint density at radius 1 is 1.35 bits per heavy atom. The number of hydrogen-bond donors (Lipinski definition) is 0. The summed E-state index contributed by atoms with van der Waals surface area (Å²) in [7, 11) is 0. The Morgan fingerprint density at radius 2 is 2.20 bits per heavy atom. The lowest BCUT2D eigenvalue weighted by atomic mass is 10.2. The summed E-state index contributed by atoms with van der Waals surface area (Å²) in [6.45, 7) is 1.58. The second-order valence-electron chi connectivity index (χ2n) is 4.69. The van der Waals surface area contributed by atoms with Gasteiger partial charge in [0.2, 0.25) is 5.16 Å². The van der Waals surface area contributed by atoms with Crippen molar-refractivity contribution in [3.05, 3.63) is 34.9 Å². The topological polar surface area (TPSA) is 52.8 Å². The largest absolute Gasteiger partial charge is 0.376 e. The molecule has 1 aliphatic rings. The lowest BCUT2D eigenvalue weighted by Gasteiger charge is -2.09. The van der Waals surface area contributed by atoms with Gasteiger partial charge in [0.05, 0.1) is 12.6 Å². The maximum Gasteiger partial charge on any atom is 0.209 e. The van der Waals surface area contributed by atoms with Gasteiger partial charge < -0.3 is 4.74 Å². The van der Waals surface area contributed by atoms with E-state index < -0.39 is 0 Å². The molecule has 0 aliphatic carbocycles. The smallest absolute Gasteiger partial charge is 0.209 e. The standard InChI is InChI=1S/C13H15ClN4OS/c14-11-5-3-10(4-6-11)9-20-13-15-16-17-18(13)8-12-2-1-7-19-12/h3-6,12H,1-2,7-9H2. The third kappa shape index (κ3) is 3.50. The van der Waals surface area contributed by atoms with E-state index in [1.807, 2.05) is 28.9 Å². The van der Waals surface area contributed by atoms with Crippen LogP contribution in [0.5, 0.6) is 0 Å². The second-order valence-corrected chi connectivity index (χ2v) is 6.07. The van der Waals surface area contributed by atoms with Crippen LogP contribution < -0.4 is 0 Å². The number of benzene rings is 1. The fourth-order valence-corrected chi connectivity index (χ4v) is 3.09. The van der Waals surface area contributed by atoms with Crippen LogP contribution in [0.25, 0.3) is 0 Å². The van der Waals surface area contributed by atoms with Gasteiger partial charge >= 0.3 is 0 Å². The monoisotopic (exact) mass is 310 g/mol. The molecule has 0 saturated carbocycles. The Kier molecular flexibility index (Phi) is 4.54. The van der Waals surface area contributed by atoms with Crippen LogP contribution in [0, 0.1) is 0 Å². The number of thioether (sulfide) groups is 1. The van der Waals surface area contributed by atoms with Gasteiger partial charge in [-0.3, -0.25) is 0 Å². The first-order valence-electron chi connectivity index (χ1n) is 6.56. The van der Waals surface area contributed by atoms with Crippen molar-refractivity contribution in [3.8, 4) is 0 Å². The van der Waals surface area contributed by atoms with E-state index in [1.54, 1.807) is 11.8 Å². The van der Waals surface area contributed by atoms with Gasteiger partial charge in [0.25, 0.3) is 0 Å². The van der Waals surface area contributed by atoms with Crippen LogP contribution in [0.15, 0.2) is 29.4 Å². The summed E-state index contributed by atoms with van der Waals surface area (Å²) in [6, 6.07) is 7.83. The van der Waals surface area contributed by atoms with Crippen LogP contribution >= 0.6 is 23.4 Å². The molecule has 2 aromatic rings. The fraction of sp³-hybridized carbons (Fsp3) is 0.462. The number of hydrogen-bond acceptors (Lipinski definition) is 5. The van der Waals surface area contributed by atoms with Gasteiger partial charge in [0.15, 0.2) is 0 Å². The minimum absolute atomic E-state index is 0.244. The lowest BCUT2D eigenvalue weighted by Crippen LogP contribution is -2.16. The minimum Gasteiger partial charge on any atom is -0.376 e. The number of ether oxygens (including phenoxy) is 1. The van der Waals surface area contributed by atoms with Crippen molar-refractivity contribution >= 4 is 23.4 Å². The normalized spacial score (nSPS) is 18.6. The van der Waals surface area contributed by atoms with Crippen molar-refractivity contribution in [1.82, 2.24) is 20.2 Å². The summed E-state index contributed by atoms with van der Waals surface area (Å²) in [4.78, 5) is 0. The summed E-state index contributed by atoms with van der Waals surface area (Å²) in [6.07, 6.45) is 2.45. The van der Waals surface area contributed by atoms with Crippen LogP contribution in [-0.4, -0.2) is 32.9 Å². The van der Waals surface area contributed by atoms with Gasteiger partial charge in [-0.2, -0.15) is 0 Å². The van der Waals surface area contributed by atoms with Crippen LogP contribution in [0.2, 0.25) is 5.02 Å². The molecule has 1 saturated heterocycles. The summed E-state index contributed by atoms with van der Waals surface area (Å²) < 4.78 is 7.45. The maximum atomic E-state index is 5.87. The Hall–Kier alpha value is -1.11. The average molecular weight is 311 g/mol. The fourth-order valence-electron chi connectivity index (χ4n) is 2.12. The molecular formula is C13H15ClN4OS. The van der Waals surface area contributed by atoms with Gasteiger partial charge in [0.1, 0.15) is 0 Å². The maximum absolute atomic E-state index is 5.87. The zero-order chi connectivity index (χ0) is 13.8. The Morgan fingerprint density at radius 3 is 2.95 bits per heavy atom. The average Bonchev–Trinajstić information content (AvgIpc) is 3.11. The molecule has 1 aliphatic heterocycles. The molecule has 7 heteroatoms. The highest BCUT2D eigenvalue weighted by Gasteiger charge is 2.18. The van der Waals surface area contributed by atoms with Crippen molar-refractivity contribution in [2.45, 2.75) is 36.4 Å². The summed E-state index contributed by atoms with van der Waals surface area (Å²) >= 11 is 7.50. The van der Waals surface area contributed by atoms with Crippen LogP contribution in [0.3, 0.4) is 0 Å². The van der Waals surface area contributed by atoms with Crippen molar-refractivity contribution in [2.24, 2.45) is 0 Å². The molecular weight excluding hydrogens is 296 g/mol. The number of nitrogens with zero attached hydrogens (tertiary/aromatic N) is 4. The molecule has 1 aromatic carbocycles. The molecule has 0 spiro atoms. The Balaban J connectivity index is 1.59. The summed E-state index contributed by atoms with van der Waals surface area (Å²) in [5, 5.41) is 13.5. The molecule has 20 heavy (non-hydrogen) atoms. The molecule has 0 amide bonds. The zero-order valence-electron chi connectivity index (χ0n) is 10.9. The van der Waals surface area contributed by atoms with E-state index in [0.29, 0.717) is 0 Å². The van der Waals surface area contributed by atoms with Crippen LogP contribution in [0.4, 0.5) is 0 Å². The molecule has 1 unspecified atom stereocenters. The first-order chi connectivity index (χ1) is 9.81. The van der Waals surface area contributed by atoms with E-state index in [2.05, 4.69) is 15.5 Å². The van der Waals surface area contributed by atoms with Gasteiger partial charge in [-0.25, -0.2) is 4.68 Å². The SMILES string of the molecule is Clc1ccc(CSc2nnnn2CC2CCCO2)cc1. The molecule has 0 N–H and O–H groups in total. The number of rotatable bonds is 5. The molecule has 1 aromatic heterocycles. The molecule has 2 heterocycles. The van der Waals surface area contributed by atoms with Crippen molar-refractivity contribution in [2.75, 3.05) is 6.61 Å². The zero-order valence-corrected chi connectivity index (χ0v) is 12.5. The first-order valence-corrected chi connectivity index (χ1v) is 7.92. The molecule has 0 radical (unpaired) electrons. The predicted molar refractivity (Wildman–Crippen MR) is 77.8 cm³/mol. The molecule has 5 nitrogen and oxygen atoms in total. The molecule has 3 rings (SSSR count). The predicted octanol–water partition coefficient (Wildman–Crippen LogP) is 2.80. The molecule has 0 bridgehead atoms. The number of aromatic nitrogens is 4. The van der Waals surface area contributed by atoms with Gasteiger partial charge in [-0.15, -0.1) is 5.10 Å². The quantitative estimate of drug-likeness (QED) is 0.795. The highest BCUT2D eigenvalue weighted by atomic mass is 35.5. The molecule has 1 fully saturated rings. The lowest BCUT2D eigenvalue weighted by molar-refractivity contribution is 0.0912.